The van der Waals surface area contributed by atoms with Crippen LogP contribution in [0, 0.1) is 19.8 Å². The van der Waals surface area contributed by atoms with Crippen molar-refractivity contribution in [3.05, 3.63) is 34.4 Å². The van der Waals surface area contributed by atoms with Crippen molar-refractivity contribution in [3.63, 3.8) is 0 Å². The fraction of sp³-hybridized carbons (Fsp3) is 0.562. The molecule has 1 fully saturated rings. The van der Waals surface area contributed by atoms with E-state index in [0.717, 1.165) is 6.42 Å². The van der Waals surface area contributed by atoms with Crippen molar-refractivity contribution in [2.45, 2.75) is 52.4 Å². The first-order valence-electron chi connectivity index (χ1n) is 6.84. The van der Waals surface area contributed by atoms with Gasteiger partial charge in [0.2, 0.25) is 0 Å². The Morgan fingerprint density at radius 1 is 1.39 bits per heavy atom. The van der Waals surface area contributed by atoms with Crippen LogP contribution in [0.4, 0.5) is 0 Å². The first-order valence-corrected chi connectivity index (χ1v) is 6.84. The number of hydrogen-bond acceptors (Lipinski definition) is 1. The number of aryl methyl sites for hydroxylation is 2. The van der Waals surface area contributed by atoms with Gasteiger partial charge in [-0.1, -0.05) is 19.1 Å². The maximum atomic E-state index is 11.1. The molecule has 18 heavy (non-hydrogen) atoms. The van der Waals surface area contributed by atoms with E-state index in [4.69, 9.17) is 5.11 Å². The summed E-state index contributed by atoms with van der Waals surface area (Å²) in [6.45, 7) is 6.40. The molecule has 0 saturated heterocycles. The molecule has 0 spiro atoms. The van der Waals surface area contributed by atoms with Crippen LogP contribution in [0.15, 0.2) is 12.1 Å². The van der Waals surface area contributed by atoms with Gasteiger partial charge in [0.25, 0.3) is 0 Å². The Kier molecular flexibility index (Phi) is 3.74. The standard InChI is InChI=1S/C16H22O2/c1-4-12-7-10(2)11(3)14(8-12)15(9-16(17)18)13-5-6-13/h7-8,13,15H,4-6,9H2,1-3H3,(H,17,18). The fourth-order valence-electron chi connectivity index (χ4n) is 2.77. The molecule has 1 aliphatic rings. The zero-order chi connectivity index (χ0) is 13.3. The lowest BCUT2D eigenvalue weighted by molar-refractivity contribution is -0.137. The van der Waals surface area contributed by atoms with Gasteiger partial charge in [-0.15, -0.1) is 0 Å². The molecule has 1 saturated carbocycles. The molecule has 1 atom stereocenters. The van der Waals surface area contributed by atoms with E-state index in [-0.39, 0.29) is 12.3 Å². The number of benzene rings is 1. The SMILES string of the molecule is CCc1cc(C)c(C)c(C(CC(=O)O)C2CC2)c1. The zero-order valence-electron chi connectivity index (χ0n) is 11.5. The molecule has 1 N–H and O–H groups in total. The Bertz CT molecular complexity index is 458. The first-order chi connectivity index (χ1) is 8.52. The Labute approximate surface area is 109 Å². The summed E-state index contributed by atoms with van der Waals surface area (Å²) in [4.78, 5) is 11.1. The minimum absolute atomic E-state index is 0.215. The Balaban J connectivity index is 2.39. The second-order valence-corrected chi connectivity index (χ2v) is 5.52. The minimum atomic E-state index is -0.675. The lowest BCUT2D eigenvalue weighted by atomic mass is 9.85. The Morgan fingerprint density at radius 3 is 2.56 bits per heavy atom. The maximum absolute atomic E-state index is 11.1. The van der Waals surface area contributed by atoms with Crippen LogP contribution in [0.3, 0.4) is 0 Å². The minimum Gasteiger partial charge on any atom is -0.481 e. The highest BCUT2D eigenvalue weighted by Gasteiger charge is 2.34. The highest BCUT2D eigenvalue weighted by molar-refractivity contribution is 5.68. The van der Waals surface area contributed by atoms with E-state index in [1.165, 1.54) is 35.1 Å². The lowest BCUT2D eigenvalue weighted by Crippen LogP contribution is -2.11. The van der Waals surface area contributed by atoms with Gasteiger partial charge in [0.05, 0.1) is 6.42 Å². The number of carboxylic acids is 1. The number of rotatable bonds is 5. The highest BCUT2D eigenvalue weighted by Crippen LogP contribution is 2.45. The van der Waals surface area contributed by atoms with Gasteiger partial charge in [0, 0.05) is 0 Å². The molecule has 98 valence electrons. The van der Waals surface area contributed by atoms with Gasteiger partial charge in [-0.2, -0.15) is 0 Å². The quantitative estimate of drug-likeness (QED) is 0.857. The summed E-state index contributed by atoms with van der Waals surface area (Å²) >= 11 is 0. The second kappa shape index (κ2) is 5.13. The fourth-order valence-corrected chi connectivity index (χ4v) is 2.77. The lowest BCUT2D eigenvalue weighted by Gasteiger charge is -2.20. The average molecular weight is 246 g/mol. The van der Waals surface area contributed by atoms with Crippen molar-refractivity contribution in [1.29, 1.82) is 0 Å². The Hall–Kier alpha value is -1.31. The van der Waals surface area contributed by atoms with Crippen molar-refractivity contribution in [3.8, 4) is 0 Å². The number of aliphatic carboxylic acids is 1. The number of carbonyl (C=O) groups is 1. The molecule has 1 unspecified atom stereocenters. The second-order valence-electron chi connectivity index (χ2n) is 5.52. The van der Waals surface area contributed by atoms with Gasteiger partial charge in [0.15, 0.2) is 0 Å². The predicted octanol–water partition coefficient (Wildman–Crippen LogP) is 3.83. The normalized spacial score (nSPS) is 16.6. The van der Waals surface area contributed by atoms with E-state index in [1.54, 1.807) is 0 Å². The summed E-state index contributed by atoms with van der Waals surface area (Å²) in [6, 6.07) is 4.46. The van der Waals surface area contributed by atoms with Crippen molar-refractivity contribution in [2.75, 3.05) is 0 Å². The molecule has 1 aromatic rings. The molecule has 2 rings (SSSR count). The van der Waals surface area contributed by atoms with Gasteiger partial charge >= 0.3 is 5.97 Å². The van der Waals surface area contributed by atoms with E-state index in [2.05, 4.69) is 32.9 Å². The van der Waals surface area contributed by atoms with Crippen LogP contribution < -0.4 is 0 Å². The van der Waals surface area contributed by atoms with Crippen LogP contribution in [0.25, 0.3) is 0 Å². The maximum Gasteiger partial charge on any atom is 0.303 e. The predicted molar refractivity (Wildman–Crippen MR) is 73.0 cm³/mol. The van der Waals surface area contributed by atoms with Crippen LogP contribution in [-0.2, 0) is 11.2 Å². The third kappa shape index (κ3) is 2.74. The smallest absolute Gasteiger partial charge is 0.303 e. The average Bonchev–Trinajstić information content (AvgIpc) is 3.13. The number of carboxylic acid groups (broad SMARTS) is 1. The molecule has 0 aromatic heterocycles. The summed E-state index contributed by atoms with van der Waals surface area (Å²) in [5.41, 5.74) is 5.17. The topological polar surface area (TPSA) is 37.3 Å². The summed E-state index contributed by atoms with van der Waals surface area (Å²) in [5, 5.41) is 9.11. The van der Waals surface area contributed by atoms with Crippen molar-refractivity contribution >= 4 is 5.97 Å². The molecule has 1 aromatic carbocycles. The molecular formula is C16H22O2. The molecule has 0 radical (unpaired) electrons. The van der Waals surface area contributed by atoms with Crippen LogP contribution in [0.5, 0.6) is 0 Å². The molecule has 0 aliphatic heterocycles. The van der Waals surface area contributed by atoms with Crippen LogP contribution >= 0.6 is 0 Å². The molecule has 0 amide bonds. The van der Waals surface area contributed by atoms with Crippen molar-refractivity contribution < 1.29 is 9.90 Å². The summed E-state index contributed by atoms with van der Waals surface area (Å²) in [6.07, 6.45) is 3.66. The van der Waals surface area contributed by atoms with Crippen LogP contribution in [-0.4, -0.2) is 11.1 Å². The molecule has 2 heteroatoms. The van der Waals surface area contributed by atoms with Gasteiger partial charge in [-0.3, -0.25) is 4.79 Å². The summed E-state index contributed by atoms with van der Waals surface area (Å²) in [5.74, 6) is 0.130. The zero-order valence-corrected chi connectivity index (χ0v) is 11.5. The van der Waals surface area contributed by atoms with Crippen molar-refractivity contribution in [1.82, 2.24) is 0 Å². The molecule has 2 nitrogen and oxygen atoms in total. The molecule has 1 aliphatic carbocycles. The van der Waals surface area contributed by atoms with E-state index in [0.29, 0.717) is 5.92 Å². The van der Waals surface area contributed by atoms with E-state index in [9.17, 15) is 4.79 Å². The van der Waals surface area contributed by atoms with E-state index in [1.807, 2.05) is 0 Å². The molecular weight excluding hydrogens is 224 g/mol. The monoisotopic (exact) mass is 246 g/mol. The largest absolute Gasteiger partial charge is 0.481 e. The first kappa shape index (κ1) is 13.1. The molecule has 0 heterocycles. The van der Waals surface area contributed by atoms with Crippen LogP contribution in [0.2, 0.25) is 0 Å². The summed E-state index contributed by atoms with van der Waals surface area (Å²) < 4.78 is 0. The highest BCUT2D eigenvalue weighted by atomic mass is 16.4. The van der Waals surface area contributed by atoms with E-state index < -0.39 is 5.97 Å². The number of hydrogen-bond donors (Lipinski definition) is 1. The Morgan fingerprint density at radius 2 is 2.06 bits per heavy atom. The van der Waals surface area contributed by atoms with Gasteiger partial charge < -0.3 is 5.11 Å². The van der Waals surface area contributed by atoms with Gasteiger partial charge in [0.1, 0.15) is 0 Å². The van der Waals surface area contributed by atoms with E-state index >= 15 is 0 Å². The van der Waals surface area contributed by atoms with Gasteiger partial charge in [-0.25, -0.2) is 0 Å². The van der Waals surface area contributed by atoms with Crippen molar-refractivity contribution in [2.24, 2.45) is 5.92 Å². The third-order valence-electron chi connectivity index (χ3n) is 4.16. The molecule has 0 bridgehead atoms. The summed E-state index contributed by atoms with van der Waals surface area (Å²) in [7, 11) is 0. The van der Waals surface area contributed by atoms with Crippen LogP contribution in [0.1, 0.15) is 54.4 Å². The third-order valence-corrected chi connectivity index (χ3v) is 4.16. The van der Waals surface area contributed by atoms with Gasteiger partial charge in [-0.05, 0) is 67.2 Å².